The van der Waals surface area contributed by atoms with Gasteiger partial charge in [0.05, 0.1) is 6.61 Å². The third-order valence-electron chi connectivity index (χ3n) is 4.26. The van der Waals surface area contributed by atoms with Gasteiger partial charge in [0.15, 0.2) is 0 Å². The Bertz CT molecular complexity index is 574. The first-order valence-corrected chi connectivity index (χ1v) is 7.64. The summed E-state index contributed by atoms with van der Waals surface area (Å²) in [5.41, 5.74) is 5.24. The van der Waals surface area contributed by atoms with Gasteiger partial charge in [0.2, 0.25) is 0 Å². The first-order chi connectivity index (χ1) is 10.3. The Morgan fingerprint density at radius 1 is 1.05 bits per heavy atom. The second-order valence-electron chi connectivity index (χ2n) is 6.02. The fourth-order valence-corrected chi connectivity index (χ4v) is 2.83. The molecule has 2 heteroatoms. The van der Waals surface area contributed by atoms with Gasteiger partial charge >= 0.3 is 0 Å². The number of nitrogens with one attached hydrogen (secondary N) is 1. The van der Waals surface area contributed by atoms with E-state index in [1.807, 2.05) is 0 Å². The summed E-state index contributed by atoms with van der Waals surface area (Å²) in [6.07, 6.45) is 1.29. The van der Waals surface area contributed by atoms with Gasteiger partial charge in [-0.15, -0.1) is 0 Å². The number of rotatable bonds is 6. The smallest absolute Gasteiger partial charge is 0.0713 e. The molecule has 3 rings (SSSR count). The second kappa shape index (κ2) is 6.31. The lowest BCUT2D eigenvalue weighted by molar-refractivity contribution is 0.185. The molecule has 0 bridgehead atoms. The Labute approximate surface area is 127 Å². The third-order valence-corrected chi connectivity index (χ3v) is 4.26. The number of hydrogen-bond acceptors (Lipinski definition) is 2. The molecule has 2 aromatic rings. The molecule has 2 unspecified atom stereocenters. The van der Waals surface area contributed by atoms with Crippen molar-refractivity contribution in [2.75, 3.05) is 19.0 Å². The summed E-state index contributed by atoms with van der Waals surface area (Å²) in [5.74, 6) is 1.49. The number of hydrogen-bond donors (Lipinski definition) is 1. The van der Waals surface area contributed by atoms with Crippen LogP contribution in [0.4, 0.5) is 5.69 Å². The van der Waals surface area contributed by atoms with Crippen LogP contribution >= 0.6 is 0 Å². The lowest BCUT2D eigenvalue weighted by atomic mass is 10.1. The second-order valence-corrected chi connectivity index (χ2v) is 6.02. The quantitative estimate of drug-likeness (QED) is 0.849. The van der Waals surface area contributed by atoms with Crippen molar-refractivity contribution in [1.82, 2.24) is 0 Å². The van der Waals surface area contributed by atoms with E-state index in [4.69, 9.17) is 4.74 Å². The number of aryl methyl sites for hydroxylation is 1. The molecule has 1 aliphatic carbocycles. The molecule has 1 saturated carbocycles. The third kappa shape index (κ3) is 3.64. The van der Waals surface area contributed by atoms with Crippen molar-refractivity contribution in [3.8, 4) is 0 Å². The molecular weight excluding hydrogens is 258 g/mol. The highest BCUT2D eigenvalue weighted by Crippen LogP contribution is 2.47. The Morgan fingerprint density at radius 3 is 2.43 bits per heavy atom. The van der Waals surface area contributed by atoms with Crippen molar-refractivity contribution in [3.05, 3.63) is 65.2 Å². The van der Waals surface area contributed by atoms with Crippen LogP contribution < -0.4 is 5.32 Å². The molecule has 2 nitrogen and oxygen atoms in total. The SMILES string of the molecule is COCc1ccc(C2CC2CNc2ccc(C)cc2)cc1. The van der Waals surface area contributed by atoms with Gasteiger partial charge in [-0.25, -0.2) is 0 Å². The van der Waals surface area contributed by atoms with Gasteiger partial charge in [0.1, 0.15) is 0 Å². The summed E-state index contributed by atoms with van der Waals surface area (Å²) in [6.45, 7) is 3.88. The Kier molecular flexibility index (Phi) is 4.26. The predicted molar refractivity (Wildman–Crippen MR) is 87.7 cm³/mol. The van der Waals surface area contributed by atoms with E-state index in [1.54, 1.807) is 7.11 Å². The monoisotopic (exact) mass is 281 g/mol. The highest BCUT2D eigenvalue weighted by molar-refractivity contribution is 5.45. The summed E-state index contributed by atoms with van der Waals surface area (Å²) in [6, 6.07) is 17.5. The molecule has 1 N–H and O–H groups in total. The molecule has 0 radical (unpaired) electrons. The molecule has 0 heterocycles. The van der Waals surface area contributed by atoms with Gasteiger partial charge in [0, 0.05) is 19.3 Å². The van der Waals surface area contributed by atoms with E-state index < -0.39 is 0 Å². The topological polar surface area (TPSA) is 21.3 Å². The number of benzene rings is 2. The Hall–Kier alpha value is -1.80. The van der Waals surface area contributed by atoms with Gasteiger partial charge in [-0.05, 0) is 48.4 Å². The van der Waals surface area contributed by atoms with Crippen molar-refractivity contribution < 1.29 is 4.74 Å². The van der Waals surface area contributed by atoms with Crippen LogP contribution in [0, 0.1) is 12.8 Å². The highest BCUT2D eigenvalue weighted by atomic mass is 16.5. The van der Waals surface area contributed by atoms with Crippen molar-refractivity contribution >= 4 is 5.69 Å². The molecule has 0 aliphatic heterocycles. The van der Waals surface area contributed by atoms with E-state index in [-0.39, 0.29) is 0 Å². The van der Waals surface area contributed by atoms with Crippen molar-refractivity contribution in [2.24, 2.45) is 5.92 Å². The highest BCUT2D eigenvalue weighted by Gasteiger charge is 2.37. The van der Waals surface area contributed by atoms with E-state index in [1.165, 1.54) is 28.8 Å². The van der Waals surface area contributed by atoms with Crippen LogP contribution in [0.3, 0.4) is 0 Å². The van der Waals surface area contributed by atoms with Crippen LogP contribution in [0.5, 0.6) is 0 Å². The molecule has 2 aromatic carbocycles. The molecule has 1 fully saturated rings. The zero-order valence-corrected chi connectivity index (χ0v) is 12.8. The molecule has 0 spiro atoms. The molecule has 0 aromatic heterocycles. The maximum atomic E-state index is 5.15. The Morgan fingerprint density at radius 2 is 1.76 bits per heavy atom. The van der Waals surface area contributed by atoms with E-state index in [2.05, 4.69) is 60.8 Å². The molecule has 0 amide bonds. The summed E-state index contributed by atoms with van der Waals surface area (Å²) >= 11 is 0. The largest absolute Gasteiger partial charge is 0.385 e. The van der Waals surface area contributed by atoms with Crippen LogP contribution in [-0.4, -0.2) is 13.7 Å². The standard InChI is InChI=1S/C19H23NO/c1-14-3-9-18(10-4-14)20-12-17-11-19(17)16-7-5-15(6-8-16)13-21-2/h3-10,17,19-20H,11-13H2,1-2H3. The normalized spacial score (nSPS) is 20.3. The fraction of sp³-hybridized carbons (Fsp3) is 0.368. The van der Waals surface area contributed by atoms with E-state index in [0.29, 0.717) is 6.61 Å². The lowest BCUT2D eigenvalue weighted by Gasteiger charge is -2.07. The number of anilines is 1. The predicted octanol–water partition coefficient (Wildman–Crippen LogP) is 4.36. The lowest BCUT2D eigenvalue weighted by Crippen LogP contribution is -2.04. The van der Waals surface area contributed by atoms with E-state index in [0.717, 1.165) is 18.4 Å². The minimum absolute atomic E-state index is 0.698. The molecule has 110 valence electrons. The number of ether oxygens (including phenoxy) is 1. The van der Waals surface area contributed by atoms with Gasteiger partial charge in [-0.3, -0.25) is 0 Å². The van der Waals surface area contributed by atoms with E-state index >= 15 is 0 Å². The summed E-state index contributed by atoms with van der Waals surface area (Å²) in [5, 5.41) is 3.55. The van der Waals surface area contributed by atoms with Crippen LogP contribution in [0.25, 0.3) is 0 Å². The molecule has 1 aliphatic rings. The van der Waals surface area contributed by atoms with Gasteiger partial charge in [-0.1, -0.05) is 42.0 Å². The van der Waals surface area contributed by atoms with E-state index in [9.17, 15) is 0 Å². The minimum Gasteiger partial charge on any atom is -0.385 e. The van der Waals surface area contributed by atoms with Gasteiger partial charge in [-0.2, -0.15) is 0 Å². The maximum absolute atomic E-state index is 5.15. The zero-order chi connectivity index (χ0) is 14.7. The molecule has 2 atom stereocenters. The Balaban J connectivity index is 1.50. The van der Waals surface area contributed by atoms with Crippen LogP contribution in [0.1, 0.15) is 29.0 Å². The molecule has 21 heavy (non-hydrogen) atoms. The summed E-state index contributed by atoms with van der Waals surface area (Å²) < 4.78 is 5.15. The zero-order valence-electron chi connectivity index (χ0n) is 12.8. The van der Waals surface area contributed by atoms with Crippen LogP contribution in [-0.2, 0) is 11.3 Å². The van der Waals surface area contributed by atoms with Crippen LogP contribution in [0.15, 0.2) is 48.5 Å². The van der Waals surface area contributed by atoms with Gasteiger partial charge < -0.3 is 10.1 Å². The first kappa shape index (κ1) is 14.2. The number of methoxy groups -OCH3 is 1. The molecule has 0 saturated heterocycles. The van der Waals surface area contributed by atoms with Crippen molar-refractivity contribution in [1.29, 1.82) is 0 Å². The van der Waals surface area contributed by atoms with Crippen molar-refractivity contribution in [3.63, 3.8) is 0 Å². The summed E-state index contributed by atoms with van der Waals surface area (Å²) in [4.78, 5) is 0. The minimum atomic E-state index is 0.698. The maximum Gasteiger partial charge on any atom is 0.0713 e. The van der Waals surface area contributed by atoms with Gasteiger partial charge in [0.25, 0.3) is 0 Å². The average Bonchev–Trinajstić information content (AvgIpc) is 3.27. The first-order valence-electron chi connectivity index (χ1n) is 7.64. The molecular formula is C19H23NO. The van der Waals surface area contributed by atoms with Crippen molar-refractivity contribution in [2.45, 2.75) is 25.9 Å². The average molecular weight is 281 g/mol. The summed E-state index contributed by atoms with van der Waals surface area (Å²) in [7, 11) is 1.74. The van der Waals surface area contributed by atoms with Crippen LogP contribution in [0.2, 0.25) is 0 Å². The fourth-order valence-electron chi connectivity index (χ4n) is 2.83.